The molecule has 1 aliphatic rings. The number of ketones is 1. The van der Waals surface area contributed by atoms with Gasteiger partial charge >= 0.3 is 6.18 Å². The Morgan fingerprint density at radius 3 is 2.61 bits per heavy atom. The molecule has 1 fully saturated rings. The van der Waals surface area contributed by atoms with Crippen LogP contribution in [0.4, 0.5) is 13.2 Å². The molecule has 18 heavy (non-hydrogen) atoms. The number of rotatable bonds is 1. The zero-order chi connectivity index (χ0) is 13.3. The van der Waals surface area contributed by atoms with Crippen LogP contribution in [0.15, 0.2) is 22.7 Å². The van der Waals surface area contributed by atoms with E-state index in [1.54, 1.807) is 0 Å². The second kappa shape index (κ2) is 5.01. The summed E-state index contributed by atoms with van der Waals surface area (Å²) in [5.41, 5.74) is -0.142. The summed E-state index contributed by atoms with van der Waals surface area (Å²) in [6.45, 7) is 0.316. The Morgan fingerprint density at radius 1 is 1.33 bits per heavy atom. The average Bonchev–Trinajstić information content (AvgIpc) is 2.27. The minimum Gasteiger partial charge on any atom is -0.373 e. The minimum absolute atomic E-state index is 0.0676. The Morgan fingerprint density at radius 2 is 2.06 bits per heavy atom. The monoisotopic (exact) mass is 322 g/mol. The lowest BCUT2D eigenvalue weighted by molar-refractivity contribution is -0.137. The van der Waals surface area contributed by atoms with Crippen molar-refractivity contribution >= 4 is 21.7 Å². The van der Waals surface area contributed by atoms with Crippen LogP contribution in [0.1, 0.15) is 30.1 Å². The topological polar surface area (TPSA) is 26.3 Å². The van der Waals surface area contributed by atoms with Crippen LogP contribution in [0.2, 0.25) is 0 Å². The number of carbonyl (C=O) groups excluding carboxylic acids is 1. The van der Waals surface area contributed by atoms with E-state index >= 15 is 0 Å². The van der Waals surface area contributed by atoms with E-state index in [0.717, 1.165) is 12.1 Å². The van der Waals surface area contributed by atoms with E-state index in [4.69, 9.17) is 4.74 Å². The molecule has 1 aromatic rings. The Labute approximate surface area is 110 Å². The van der Waals surface area contributed by atoms with E-state index in [9.17, 15) is 18.0 Å². The van der Waals surface area contributed by atoms with E-state index < -0.39 is 17.8 Å². The summed E-state index contributed by atoms with van der Waals surface area (Å²) in [5, 5.41) is 0. The van der Waals surface area contributed by atoms with Gasteiger partial charge in [0.05, 0.1) is 18.3 Å². The number of halogens is 4. The molecule has 1 heterocycles. The van der Waals surface area contributed by atoms with Crippen LogP contribution in [-0.4, -0.2) is 12.4 Å². The van der Waals surface area contributed by atoms with Gasteiger partial charge < -0.3 is 4.74 Å². The fourth-order valence-electron chi connectivity index (χ4n) is 1.85. The van der Waals surface area contributed by atoms with Crippen molar-refractivity contribution in [3.05, 3.63) is 33.8 Å². The van der Waals surface area contributed by atoms with Gasteiger partial charge in [-0.15, -0.1) is 0 Å². The highest BCUT2D eigenvalue weighted by Crippen LogP contribution is 2.36. The molecule has 1 aromatic carbocycles. The Bertz CT molecular complexity index is 471. The molecule has 0 N–H and O–H groups in total. The van der Waals surface area contributed by atoms with Gasteiger partial charge in [-0.05, 0) is 17.7 Å². The van der Waals surface area contributed by atoms with Crippen molar-refractivity contribution in [1.29, 1.82) is 0 Å². The quantitative estimate of drug-likeness (QED) is 0.784. The number of carbonyl (C=O) groups is 1. The van der Waals surface area contributed by atoms with Gasteiger partial charge in [-0.2, -0.15) is 13.2 Å². The van der Waals surface area contributed by atoms with Gasteiger partial charge in [0.1, 0.15) is 5.78 Å². The first-order valence-electron chi connectivity index (χ1n) is 5.38. The van der Waals surface area contributed by atoms with Gasteiger partial charge in [0.25, 0.3) is 0 Å². The van der Waals surface area contributed by atoms with Gasteiger partial charge in [-0.3, -0.25) is 4.79 Å². The molecule has 98 valence electrons. The Balaban J connectivity index is 2.27. The maximum absolute atomic E-state index is 12.5. The number of ether oxygens (including phenoxy) is 1. The van der Waals surface area contributed by atoms with Gasteiger partial charge in [0.2, 0.25) is 0 Å². The number of alkyl halides is 3. The summed E-state index contributed by atoms with van der Waals surface area (Å²) in [6.07, 6.45) is -4.24. The fourth-order valence-corrected chi connectivity index (χ4v) is 2.48. The molecule has 2 nitrogen and oxygen atoms in total. The zero-order valence-electron chi connectivity index (χ0n) is 9.26. The normalized spacial score (nSPS) is 21.1. The summed E-state index contributed by atoms with van der Waals surface area (Å²) < 4.78 is 43.2. The van der Waals surface area contributed by atoms with E-state index in [0.29, 0.717) is 23.1 Å². The van der Waals surface area contributed by atoms with E-state index in [2.05, 4.69) is 15.9 Å². The molecule has 0 amide bonds. The first-order valence-corrected chi connectivity index (χ1v) is 6.17. The lowest BCUT2D eigenvalue weighted by Crippen LogP contribution is -2.20. The molecule has 1 unspecified atom stereocenters. The van der Waals surface area contributed by atoms with E-state index in [1.165, 1.54) is 6.07 Å². The van der Waals surface area contributed by atoms with Crippen molar-refractivity contribution in [3.8, 4) is 0 Å². The minimum atomic E-state index is -4.37. The highest BCUT2D eigenvalue weighted by Gasteiger charge is 2.32. The molecule has 6 heteroatoms. The van der Waals surface area contributed by atoms with Crippen LogP contribution in [0.5, 0.6) is 0 Å². The molecule has 1 aliphatic heterocycles. The second-order valence-electron chi connectivity index (χ2n) is 4.09. The molecular formula is C12H10BrF3O2. The third-order valence-corrected chi connectivity index (χ3v) is 3.47. The third kappa shape index (κ3) is 2.92. The number of hydrogen-bond donors (Lipinski definition) is 0. The first kappa shape index (κ1) is 13.5. The molecule has 0 radical (unpaired) electrons. The maximum Gasteiger partial charge on any atom is 0.416 e. The number of benzene rings is 1. The highest BCUT2D eigenvalue weighted by atomic mass is 79.9. The highest BCUT2D eigenvalue weighted by molar-refractivity contribution is 9.10. The van der Waals surface area contributed by atoms with Crippen LogP contribution in [0.3, 0.4) is 0 Å². The molecule has 0 aliphatic carbocycles. The Hall–Kier alpha value is -0.880. The predicted molar refractivity (Wildman–Crippen MR) is 62.1 cm³/mol. The number of Topliss-reactive ketones (excluding diaryl/α,β-unsaturated/α-hetero) is 1. The van der Waals surface area contributed by atoms with Gasteiger partial charge in [-0.25, -0.2) is 0 Å². The largest absolute Gasteiger partial charge is 0.416 e. The van der Waals surface area contributed by atoms with Crippen LogP contribution in [0.25, 0.3) is 0 Å². The average molecular weight is 323 g/mol. The Kier molecular flexibility index (Phi) is 3.77. The van der Waals surface area contributed by atoms with Gasteiger partial charge in [0.15, 0.2) is 0 Å². The second-order valence-corrected chi connectivity index (χ2v) is 4.94. The van der Waals surface area contributed by atoms with Crippen molar-refractivity contribution in [2.75, 3.05) is 6.61 Å². The van der Waals surface area contributed by atoms with Crippen LogP contribution in [-0.2, 0) is 15.7 Å². The third-order valence-electron chi connectivity index (χ3n) is 2.79. The summed E-state index contributed by atoms with van der Waals surface area (Å²) in [4.78, 5) is 11.3. The van der Waals surface area contributed by atoms with E-state index in [1.807, 2.05) is 0 Å². The molecule has 2 rings (SSSR count). The van der Waals surface area contributed by atoms with Gasteiger partial charge in [0, 0.05) is 17.3 Å². The fraction of sp³-hybridized carbons (Fsp3) is 0.417. The van der Waals surface area contributed by atoms with Crippen LogP contribution < -0.4 is 0 Å². The zero-order valence-corrected chi connectivity index (χ0v) is 10.8. The molecule has 0 spiro atoms. The molecule has 0 saturated carbocycles. The molecule has 1 saturated heterocycles. The predicted octanol–water partition coefficient (Wildman–Crippen LogP) is 3.89. The SMILES string of the molecule is O=C1CCOC(c2ccc(C(F)(F)F)cc2Br)C1. The van der Waals surface area contributed by atoms with Crippen molar-refractivity contribution in [1.82, 2.24) is 0 Å². The summed E-state index contributed by atoms with van der Waals surface area (Å²) in [5.74, 6) is 0.0676. The van der Waals surface area contributed by atoms with Crippen molar-refractivity contribution < 1.29 is 22.7 Å². The van der Waals surface area contributed by atoms with Crippen molar-refractivity contribution in [2.24, 2.45) is 0 Å². The lowest BCUT2D eigenvalue weighted by atomic mass is 9.99. The first-order chi connectivity index (χ1) is 8.38. The van der Waals surface area contributed by atoms with E-state index in [-0.39, 0.29) is 12.2 Å². The number of hydrogen-bond acceptors (Lipinski definition) is 2. The molecular weight excluding hydrogens is 313 g/mol. The molecule has 0 aromatic heterocycles. The summed E-state index contributed by atoms with van der Waals surface area (Å²) in [7, 11) is 0. The summed E-state index contributed by atoms with van der Waals surface area (Å²) in [6, 6.07) is 3.37. The molecule has 0 bridgehead atoms. The van der Waals surface area contributed by atoms with Crippen molar-refractivity contribution in [2.45, 2.75) is 25.1 Å². The lowest BCUT2D eigenvalue weighted by Gasteiger charge is -2.23. The van der Waals surface area contributed by atoms with Crippen LogP contribution in [0, 0.1) is 0 Å². The van der Waals surface area contributed by atoms with Gasteiger partial charge in [-0.1, -0.05) is 22.0 Å². The maximum atomic E-state index is 12.5. The van der Waals surface area contributed by atoms with Crippen LogP contribution >= 0.6 is 15.9 Å². The smallest absolute Gasteiger partial charge is 0.373 e. The molecule has 1 atom stereocenters. The standard InChI is InChI=1S/C12H10BrF3O2/c13-10-5-7(12(14,15)16)1-2-9(10)11-6-8(17)3-4-18-11/h1-2,5,11H,3-4,6H2. The summed E-state index contributed by atoms with van der Waals surface area (Å²) >= 11 is 3.10. The van der Waals surface area contributed by atoms with Crippen molar-refractivity contribution in [3.63, 3.8) is 0 Å².